The van der Waals surface area contributed by atoms with E-state index in [9.17, 15) is 29.7 Å². The Balaban J connectivity index is 0.000000329. The van der Waals surface area contributed by atoms with Gasteiger partial charge >= 0.3 is 11.9 Å². The molecular formula is C24H40N8O9S2. The molecule has 1 aliphatic carbocycles. The maximum atomic E-state index is 10.7. The number of nitrogen functional groups attached to an aromatic ring is 1. The molecule has 43 heavy (non-hydrogen) atoms. The van der Waals surface area contributed by atoms with Crippen LogP contribution in [0.2, 0.25) is 0 Å². The molecule has 2 aliphatic rings. The molecule has 1 saturated carbocycles. The summed E-state index contributed by atoms with van der Waals surface area (Å²) in [4.78, 5) is 42.9. The second-order valence-electron chi connectivity index (χ2n) is 10.2. The number of nitrogens with two attached hydrogens (primary N) is 4. The number of ether oxygens (including phenoxy) is 1. The molecule has 0 radical (unpaired) electrons. The Morgan fingerprint density at radius 2 is 1.81 bits per heavy atom. The van der Waals surface area contributed by atoms with Gasteiger partial charge in [-0.25, -0.2) is 15.0 Å². The van der Waals surface area contributed by atoms with Crippen molar-refractivity contribution in [3.8, 4) is 0 Å². The molecule has 2 unspecified atom stereocenters. The number of fused-ring (bicyclic) bond motifs is 1. The van der Waals surface area contributed by atoms with E-state index in [4.69, 9.17) is 37.9 Å². The number of imidazole rings is 1. The third kappa shape index (κ3) is 10.4. The fraction of sp³-hybridized carbons (Fsp3) is 0.667. The minimum absolute atomic E-state index is 0.211. The number of carbonyl (C=O) groups excluding carboxylic acids is 1. The first kappa shape index (κ1) is 36.4. The Kier molecular flexibility index (Phi) is 13.8. The standard InChI is InChI=1S/C15H22N6O5S.C5H11NO2S.C4H7NO2/c1-27(3-2-7(16)15(24)25)4-8-10(22)11(23)14(26-8)21-6-20-9-12(17)18-5-19-13(9)21;1-9-3-2-4(6)5(7)8;5-4(1-2-4)3(6)7/h5-8,10-11,14,22-23H,2-4,16H2,1H3,(H2-,17,18,19,24,25);4H,2-3,6H2,1H3,(H,7,8);1-2,5H2,(H,6,7)/t7?,8-,10-,11-,14-,27?;4-;/m10./s1. The average Bonchev–Trinajstić information content (AvgIpc) is 3.48. The SMILES string of the molecule is CSCC[C@H](N)C(=O)O.C[S+](CCC(N)C(=O)[O-])C[C@H]1O[C@@H](n2cnc3c(N)ncnc32)[C@H](O)[C@@H]1O.NC1(C(=O)O)CC1. The predicted octanol–water partition coefficient (Wildman–Crippen LogP) is -3.54. The number of rotatable bonds is 12. The quantitative estimate of drug-likeness (QED) is 0.103. The molecule has 4 rings (SSSR count). The van der Waals surface area contributed by atoms with E-state index in [-0.39, 0.29) is 23.1 Å². The maximum Gasteiger partial charge on any atom is 0.323 e. The zero-order valence-electron chi connectivity index (χ0n) is 23.8. The van der Waals surface area contributed by atoms with Gasteiger partial charge in [-0.15, -0.1) is 0 Å². The van der Waals surface area contributed by atoms with Gasteiger partial charge in [0.2, 0.25) is 0 Å². The van der Waals surface area contributed by atoms with E-state index in [0.717, 1.165) is 5.75 Å². The van der Waals surface area contributed by atoms with E-state index in [1.807, 2.05) is 12.5 Å². The highest BCUT2D eigenvalue weighted by atomic mass is 32.2. The number of aliphatic hydroxyl groups is 2. The second kappa shape index (κ2) is 16.3. The third-order valence-corrected chi connectivity index (χ3v) is 9.17. The molecule has 3 heterocycles. The first-order valence-electron chi connectivity index (χ1n) is 13.1. The fourth-order valence-corrected chi connectivity index (χ4v) is 5.83. The number of carbonyl (C=O) groups is 3. The number of carboxylic acid groups (broad SMARTS) is 3. The first-order chi connectivity index (χ1) is 20.1. The largest absolute Gasteiger partial charge is 0.548 e. The van der Waals surface area contributed by atoms with Crippen LogP contribution in [0.25, 0.3) is 11.2 Å². The monoisotopic (exact) mass is 648 g/mol. The zero-order chi connectivity index (χ0) is 32.5. The van der Waals surface area contributed by atoms with Crippen molar-refractivity contribution in [2.75, 3.05) is 35.5 Å². The summed E-state index contributed by atoms with van der Waals surface area (Å²) in [5, 5.41) is 48.0. The lowest BCUT2D eigenvalue weighted by Crippen LogP contribution is -2.43. The number of thioether (sulfide) groups is 1. The van der Waals surface area contributed by atoms with Gasteiger partial charge in [0.25, 0.3) is 0 Å². The molecule has 0 bridgehead atoms. The lowest BCUT2D eigenvalue weighted by atomic mass is 10.1. The molecule has 0 amide bonds. The highest BCUT2D eigenvalue weighted by Crippen LogP contribution is 2.33. The molecule has 19 heteroatoms. The van der Waals surface area contributed by atoms with Crippen molar-refractivity contribution in [2.45, 2.75) is 67.8 Å². The van der Waals surface area contributed by atoms with Crippen molar-refractivity contribution in [3.05, 3.63) is 12.7 Å². The zero-order valence-corrected chi connectivity index (χ0v) is 25.4. The Morgan fingerprint density at radius 1 is 1.16 bits per heavy atom. The number of aliphatic hydroxyl groups excluding tert-OH is 2. The van der Waals surface area contributed by atoms with E-state index < -0.39 is 60.1 Å². The fourth-order valence-electron chi connectivity index (χ4n) is 3.68. The van der Waals surface area contributed by atoms with E-state index in [1.165, 1.54) is 17.2 Å². The van der Waals surface area contributed by atoms with Gasteiger partial charge < -0.3 is 58.0 Å². The van der Waals surface area contributed by atoms with Crippen LogP contribution in [0.15, 0.2) is 12.7 Å². The minimum Gasteiger partial charge on any atom is -0.548 e. The van der Waals surface area contributed by atoms with E-state index in [1.54, 1.807) is 11.8 Å². The van der Waals surface area contributed by atoms with Gasteiger partial charge in [0.05, 0.1) is 18.6 Å². The van der Waals surface area contributed by atoms with Crippen LogP contribution in [0.3, 0.4) is 0 Å². The van der Waals surface area contributed by atoms with Crippen LogP contribution in [-0.2, 0) is 30.0 Å². The number of carboxylic acids is 3. The van der Waals surface area contributed by atoms with Crippen LogP contribution in [-0.4, -0.2) is 124 Å². The summed E-state index contributed by atoms with van der Waals surface area (Å²) in [5.74, 6) is -1.03. The van der Waals surface area contributed by atoms with Crippen LogP contribution < -0.4 is 28.0 Å². The van der Waals surface area contributed by atoms with Crippen LogP contribution in [0.1, 0.15) is 31.9 Å². The number of hydrogen-bond donors (Lipinski definition) is 8. The van der Waals surface area contributed by atoms with Crippen molar-refractivity contribution < 1.29 is 44.7 Å². The van der Waals surface area contributed by atoms with Crippen molar-refractivity contribution in [2.24, 2.45) is 17.2 Å². The summed E-state index contributed by atoms with van der Waals surface area (Å²) in [6.45, 7) is 0. The third-order valence-electron chi connectivity index (χ3n) is 6.69. The van der Waals surface area contributed by atoms with E-state index >= 15 is 0 Å². The predicted molar refractivity (Wildman–Crippen MR) is 159 cm³/mol. The smallest absolute Gasteiger partial charge is 0.323 e. The van der Waals surface area contributed by atoms with Gasteiger partial charge in [-0.2, -0.15) is 11.8 Å². The minimum atomic E-state index is -1.28. The summed E-state index contributed by atoms with van der Waals surface area (Å²) < 4.78 is 7.39. The summed E-state index contributed by atoms with van der Waals surface area (Å²) in [6.07, 6.45) is 4.93. The number of hydrogen-bond acceptors (Lipinski definition) is 15. The Labute approximate surface area is 254 Å². The van der Waals surface area contributed by atoms with Gasteiger partial charge in [0.15, 0.2) is 17.7 Å². The molecule has 0 spiro atoms. The molecule has 17 nitrogen and oxygen atoms in total. The lowest BCUT2D eigenvalue weighted by Gasteiger charge is -2.16. The Morgan fingerprint density at radius 3 is 2.33 bits per heavy atom. The van der Waals surface area contributed by atoms with Gasteiger partial charge in [-0.1, -0.05) is 0 Å². The molecule has 12 N–H and O–H groups in total. The molecule has 1 saturated heterocycles. The van der Waals surface area contributed by atoms with Crippen molar-refractivity contribution in [1.29, 1.82) is 0 Å². The van der Waals surface area contributed by atoms with Crippen LogP contribution in [0, 0.1) is 0 Å². The maximum absolute atomic E-state index is 10.7. The summed E-state index contributed by atoms with van der Waals surface area (Å²) in [5.41, 5.74) is 21.6. The van der Waals surface area contributed by atoms with Gasteiger partial charge in [0, 0.05) is 12.5 Å². The van der Waals surface area contributed by atoms with Crippen molar-refractivity contribution in [3.63, 3.8) is 0 Å². The Bertz CT molecular complexity index is 1230. The molecule has 1 aliphatic heterocycles. The van der Waals surface area contributed by atoms with Crippen LogP contribution >= 0.6 is 11.8 Å². The van der Waals surface area contributed by atoms with Crippen LogP contribution in [0.5, 0.6) is 0 Å². The highest BCUT2D eigenvalue weighted by Gasteiger charge is 2.47. The lowest BCUT2D eigenvalue weighted by molar-refractivity contribution is -0.307. The number of anilines is 1. The summed E-state index contributed by atoms with van der Waals surface area (Å²) >= 11 is 1.60. The van der Waals surface area contributed by atoms with Crippen molar-refractivity contribution >= 4 is 57.5 Å². The second-order valence-corrected chi connectivity index (χ2v) is 13.5. The Hall–Kier alpha value is -2.78. The van der Waals surface area contributed by atoms with E-state index in [2.05, 4.69) is 15.0 Å². The van der Waals surface area contributed by atoms with E-state index in [0.29, 0.717) is 41.9 Å². The van der Waals surface area contributed by atoms with Gasteiger partial charge in [-0.05, 0) is 42.2 Å². The summed E-state index contributed by atoms with van der Waals surface area (Å²) in [6, 6.07) is -1.70. The average molecular weight is 649 g/mol. The van der Waals surface area contributed by atoms with Crippen LogP contribution in [0.4, 0.5) is 5.82 Å². The highest BCUT2D eigenvalue weighted by molar-refractivity contribution is 7.98. The van der Waals surface area contributed by atoms with Crippen molar-refractivity contribution in [1.82, 2.24) is 19.5 Å². The molecule has 2 aromatic heterocycles. The topological polar surface area (TPSA) is 312 Å². The molecular weight excluding hydrogens is 608 g/mol. The number of nitrogens with zero attached hydrogens (tertiary/aromatic N) is 4. The first-order valence-corrected chi connectivity index (χ1v) is 16.5. The molecule has 242 valence electrons. The molecule has 0 aromatic carbocycles. The molecule has 2 aromatic rings. The number of aromatic nitrogens is 4. The molecule has 7 atom stereocenters. The normalized spacial score (nSPS) is 24.1. The van der Waals surface area contributed by atoms with Gasteiger partial charge in [0.1, 0.15) is 53.2 Å². The molecule has 2 fully saturated rings. The van der Waals surface area contributed by atoms with Gasteiger partial charge in [-0.3, -0.25) is 14.2 Å². The summed E-state index contributed by atoms with van der Waals surface area (Å²) in [7, 11) is -0.263. The number of aliphatic carboxylic acids is 3.